The zero-order chi connectivity index (χ0) is 22.0. The Morgan fingerprint density at radius 1 is 1.16 bits per heavy atom. The second kappa shape index (κ2) is 6.86. The van der Waals surface area contributed by atoms with E-state index in [0.717, 1.165) is 19.3 Å². The van der Waals surface area contributed by atoms with Crippen molar-refractivity contribution in [3.63, 3.8) is 0 Å². The third-order valence-electron chi connectivity index (χ3n) is 6.59. The third-order valence-corrected chi connectivity index (χ3v) is 6.59. The lowest BCUT2D eigenvalue weighted by Gasteiger charge is -2.40. The Balaban J connectivity index is 1.44. The molecule has 1 saturated carbocycles. The molecule has 2 amide bonds. The summed E-state index contributed by atoms with van der Waals surface area (Å²) < 4.78 is 42.0. The van der Waals surface area contributed by atoms with Gasteiger partial charge in [-0.2, -0.15) is 0 Å². The highest BCUT2D eigenvalue weighted by molar-refractivity contribution is 5.99. The number of fused-ring (bicyclic) bond motifs is 6. The minimum absolute atomic E-state index is 0.0565. The van der Waals surface area contributed by atoms with Gasteiger partial charge >= 0.3 is 0 Å². The van der Waals surface area contributed by atoms with Crippen LogP contribution in [-0.4, -0.2) is 38.5 Å². The zero-order valence-electron chi connectivity index (χ0n) is 16.2. The summed E-state index contributed by atoms with van der Waals surface area (Å²) in [6, 6.07) is 1.02. The summed E-state index contributed by atoms with van der Waals surface area (Å²) in [5.74, 6) is -5.33. The van der Waals surface area contributed by atoms with Gasteiger partial charge in [0, 0.05) is 43.0 Å². The van der Waals surface area contributed by atoms with Crippen LogP contribution in [0.2, 0.25) is 0 Å². The van der Waals surface area contributed by atoms with Crippen LogP contribution in [0.25, 0.3) is 0 Å². The maximum Gasteiger partial charge on any atom is 0.275 e. The second-order valence-corrected chi connectivity index (χ2v) is 8.26. The summed E-state index contributed by atoms with van der Waals surface area (Å²) in [5.41, 5.74) is -2.21. The molecule has 2 aliphatic heterocycles. The molecule has 3 aliphatic rings. The van der Waals surface area contributed by atoms with Crippen LogP contribution in [0.1, 0.15) is 45.7 Å². The molecule has 0 unspecified atom stereocenters. The Labute approximate surface area is 174 Å². The number of nitrogens with one attached hydrogen (secondary N) is 1. The molecule has 5 rings (SSSR count). The lowest BCUT2D eigenvalue weighted by Crippen LogP contribution is -2.52. The monoisotopic (exact) mass is 433 g/mol. The molecule has 7 nitrogen and oxygen atoms in total. The summed E-state index contributed by atoms with van der Waals surface area (Å²) in [6.07, 6.45) is 3.99. The molecule has 2 fully saturated rings. The van der Waals surface area contributed by atoms with Crippen molar-refractivity contribution >= 4 is 11.8 Å². The molecule has 31 heavy (non-hydrogen) atoms. The van der Waals surface area contributed by atoms with Crippen molar-refractivity contribution in [1.82, 2.24) is 14.8 Å². The summed E-state index contributed by atoms with van der Waals surface area (Å²) in [6.45, 7) is -0.282. The predicted molar refractivity (Wildman–Crippen MR) is 101 cm³/mol. The van der Waals surface area contributed by atoms with Gasteiger partial charge in [0.1, 0.15) is 23.0 Å². The minimum Gasteiger partial charge on any atom is -0.503 e. The van der Waals surface area contributed by atoms with Gasteiger partial charge in [-0.1, -0.05) is 0 Å². The molecular weight excluding hydrogens is 415 g/mol. The van der Waals surface area contributed by atoms with E-state index in [1.807, 2.05) is 0 Å². The molecule has 1 aromatic heterocycles. The molecule has 1 aliphatic carbocycles. The fourth-order valence-corrected chi connectivity index (χ4v) is 5.15. The van der Waals surface area contributed by atoms with Crippen molar-refractivity contribution < 1.29 is 27.9 Å². The van der Waals surface area contributed by atoms with Crippen LogP contribution in [0.4, 0.5) is 13.2 Å². The number of hydrogen-bond acceptors (Lipinski definition) is 4. The van der Waals surface area contributed by atoms with Gasteiger partial charge in [0.25, 0.3) is 11.8 Å². The Morgan fingerprint density at radius 2 is 1.87 bits per heavy atom. The average molecular weight is 433 g/mol. The average Bonchev–Trinajstić information content (AvgIpc) is 3.31. The molecule has 1 aromatic carbocycles. The third kappa shape index (κ3) is 2.92. The van der Waals surface area contributed by atoms with Crippen molar-refractivity contribution in [3.8, 4) is 5.75 Å². The van der Waals surface area contributed by atoms with Gasteiger partial charge in [0.2, 0.25) is 5.43 Å². The maximum atomic E-state index is 13.8. The SMILES string of the molecule is O=C(NCc1c(F)cc(F)cc1F)c1cn2c(c(O)c1=O)C(=O)N1[C@@H]3CC[C@H](C3)[C@H]1C2. The number of rotatable bonds is 3. The number of aromatic nitrogens is 1. The molecule has 1 saturated heterocycles. The van der Waals surface area contributed by atoms with Gasteiger partial charge in [-0.15, -0.1) is 0 Å². The topological polar surface area (TPSA) is 91.6 Å². The van der Waals surface area contributed by atoms with Gasteiger partial charge < -0.3 is 19.9 Å². The van der Waals surface area contributed by atoms with E-state index in [0.29, 0.717) is 24.6 Å². The van der Waals surface area contributed by atoms with Gasteiger partial charge in [-0.05, 0) is 25.2 Å². The lowest BCUT2D eigenvalue weighted by atomic mass is 9.95. The minimum atomic E-state index is -1.18. The summed E-state index contributed by atoms with van der Waals surface area (Å²) in [7, 11) is 0. The highest BCUT2D eigenvalue weighted by atomic mass is 19.1. The van der Waals surface area contributed by atoms with Gasteiger partial charge in [0.05, 0.1) is 6.04 Å². The van der Waals surface area contributed by atoms with E-state index in [2.05, 4.69) is 5.32 Å². The molecule has 10 heteroatoms. The first-order valence-corrected chi connectivity index (χ1v) is 9.97. The van der Waals surface area contributed by atoms with E-state index in [1.54, 1.807) is 4.90 Å². The summed E-state index contributed by atoms with van der Waals surface area (Å²) >= 11 is 0. The highest BCUT2D eigenvalue weighted by Gasteiger charge is 2.51. The van der Waals surface area contributed by atoms with E-state index in [9.17, 15) is 32.7 Å². The lowest BCUT2D eigenvalue weighted by molar-refractivity contribution is 0.0482. The summed E-state index contributed by atoms with van der Waals surface area (Å²) in [4.78, 5) is 39.8. The number of piperidine rings is 1. The Morgan fingerprint density at radius 3 is 2.58 bits per heavy atom. The van der Waals surface area contributed by atoms with E-state index >= 15 is 0 Å². The van der Waals surface area contributed by atoms with E-state index in [4.69, 9.17) is 0 Å². The normalized spacial score (nSPS) is 23.6. The van der Waals surface area contributed by atoms with Crippen molar-refractivity contribution in [1.29, 1.82) is 0 Å². The van der Waals surface area contributed by atoms with Crippen LogP contribution in [0.3, 0.4) is 0 Å². The Hall–Kier alpha value is -3.30. The fraction of sp³-hybridized carbons (Fsp3) is 0.381. The molecule has 3 atom stereocenters. The van der Waals surface area contributed by atoms with Crippen LogP contribution in [0.5, 0.6) is 5.75 Å². The second-order valence-electron chi connectivity index (χ2n) is 8.26. The van der Waals surface area contributed by atoms with Gasteiger partial charge in [-0.3, -0.25) is 14.4 Å². The standard InChI is InChI=1S/C21H18F3N3O4/c22-10-4-14(23)12(15(24)5-10)6-25-20(30)13-7-26-8-16-9-1-2-11(3-9)27(16)21(31)17(26)19(29)18(13)28/h4-5,7,9,11,16,29H,1-3,6,8H2,(H,25,30)/t9-,11-,16-/m1/s1. The van der Waals surface area contributed by atoms with Crippen molar-refractivity contribution in [2.45, 2.75) is 44.4 Å². The number of amides is 2. The van der Waals surface area contributed by atoms with Crippen LogP contribution in [-0.2, 0) is 13.1 Å². The molecule has 0 radical (unpaired) electrons. The molecular formula is C21H18F3N3O4. The number of halogens is 3. The van der Waals surface area contributed by atoms with Crippen molar-refractivity contribution in [2.24, 2.45) is 5.92 Å². The maximum absolute atomic E-state index is 13.8. The van der Waals surface area contributed by atoms with Crippen molar-refractivity contribution in [2.75, 3.05) is 0 Å². The number of carbonyl (C=O) groups excluding carboxylic acids is 2. The first-order valence-electron chi connectivity index (χ1n) is 9.97. The quantitative estimate of drug-likeness (QED) is 0.774. The first kappa shape index (κ1) is 19.7. The number of hydrogen-bond donors (Lipinski definition) is 2. The zero-order valence-corrected chi connectivity index (χ0v) is 16.2. The van der Waals surface area contributed by atoms with Gasteiger partial charge in [0.15, 0.2) is 11.4 Å². The van der Waals surface area contributed by atoms with E-state index < -0.39 is 58.1 Å². The smallest absolute Gasteiger partial charge is 0.275 e. The van der Waals surface area contributed by atoms with Crippen LogP contribution in [0.15, 0.2) is 23.1 Å². The molecule has 2 aromatic rings. The number of aromatic hydroxyl groups is 1. The number of benzene rings is 1. The molecule has 2 N–H and O–H groups in total. The Kier molecular flexibility index (Phi) is 4.35. The summed E-state index contributed by atoms with van der Waals surface area (Å²) in [5, 5.41) is 12.6. The largest absolute Gasteiger partial charge is 0.503 e. The number of carbonyl (C=O) groups is 2. The van der Waals surface area contributed by atoms with Gasteiger partial charge in [-0.25, -0.2) is 13.2 Å². The molecule has 3 heterocycles. The predicted octanol–water partition coefficient (Wildman–Crippen LogP) is 1.91. The number of nitrogens with zero attached hydrogens (tertiary/aromatic N) is 2. The van der Waals surface area contributed by atoms with Crippen LogP contribution in [0, 0.1) is 23.4 Å². The Bertz CT molecular complexity index is 1170. The van der Waals surface area contributed by atoms with E-state index in [1.165, 1.54) is 10.8 Å². The highest BCUT2D eigenvalue weighted by Crippen LogP contribution is 2.45. The fourth-order valence-electron chi connectivity index (χ4n) is 5.15. The van der Waals surface area contributed by atoms with Crippen molar-refractivity contribution in [3.05, 3.63) is 62.8 Å². The first-order chi connectivity index (χ1) is 14.8. The molecule has 162 valence electrons. The molecule has 0 spiro atoms. The van der Waals surface area contributed by atoms with Crippen LogP contribution >= 0.6 is 0 Å². The molecule has 2 bridgehead atoms. The van der Waals surface area contributed by atoms with E-state index in [-0.39, 0.29) is 17.8 Å². The van der Waals surface area contributed by atoms with Crippen LogP contribution < -0.4 is 10.7 Å². The number of pyridine rings is 1.